The van der Waals surface area contributed by atoms with Crippen molar-refractivity contribution >= 4 is 29.8 Å². The molecule has 15 heteroatoms. The molecule has 4 radical (unpaired) electrons. The summed E-state index contributed by atoms with van der Waals surface area (Å²) in [7, 11) is 8.69. The zero-order valence-corrected chi connectivity index (χ0v) is 18.2. The number of hydrogen-bond donors (Lipinski definition) is 3. The van der Waals surface area contributed by atoms with Gasteiger partial charge in [0.05, 0.1) is 11.5 Å². The number of nitrogens with one attached hydrogen (secondary N) is 2. The van der Waals surface area contributed by atoms with Gasteiger partial charge in [0.15, 0.2) is 11.9 Å². The highest BCUT2D eigenvalue weighted by atomic mass is 31.1. The van der Waals surface area contributed by atoms with Crippen LogP contribution in [0.25, 0.3) is 0 Å². The number of halogens is 1. The lowest BCUT2D eigenvalue weighted by molar-refractivity contribution is -0.149. The molecule has 0 aromatic carbocycles. The van der Waals surface area contributed by atoms with Gasteiger partial charge in [0.1, 0.15) is 33.9 Å². The maximum absolute atomic E-state index is 15.2. The molecule has 1 aromatic rings. The first-order valence-corrected chi connectivity index (χ1v) is 10.4. The van der Waals surface area contributed by atoms with Gasteiger partial charge in [-0.1, -0.05) is 5.09 Å². The zero-order chi connectivity index (χ0) is 23.7. The molecular formula is C16H22B2FN3O8P+. The molecular weight excluding hydrogens is 434 g/mol. The summed E-state index contributed by atoms with van der Waals surface area (Å²) in [5.41, 5.74) is -4.33. The number of aliphatic hydroxyl groups excluding tert-OH is 1. The fourth-order valence-corrected chi connectivity index (χ4v) is 3.72. The topological polar surface area (TPSA) is 149 Å². The van der Waals surface area contributed by atoms with Crippen LogP contribution in [0.4, 0.5) is 4.39 Å². The van der Waals surface area contributed by atoms with Crippen LogP contribution in [-0.2, 0) is 23.4 Å². The average molecular weight is 456 g/mol. The highest BCUT2D eigenvalue weighted by Gasteiger charge is 2.60. The molecule has 0 aliphatic carbocycles. The first-order valence-electron chi connectivity index (χ1n) is 9.21. The van der Waals surface area contributed by atoms with Crippen molar-refractivity contribution in [2.24, 2.45) is 0 Å². The summed E-state index contributed by atoms with van der Waals surface area (Å²) in [6.45, 7) is 5.54. The van der Waals surface area contributed by atoms with Gasteiger partial charge in [-0.3, -0.25) is 19.1 Å². The van der Waals surface area contributed by atoms with Gasteiger partial charge in [0, 0.05) is 12.3 Å². The van der Waals surface area contributed by atoms with Gasteiger partial charge in [-0.25, -0.2) is 9.18 Å². The SMILES string of the molecule is [B]C([B])(O[P+](=O)N[C@@H](C)C(=O)OC(C)C)C1O[C@@H](n2ccc(=O)[nH]c2=O)[C@](C)(F)[C@@H]1O. The van der Waals surface area contributed by atoms with Crippen LogP contribution < -0.4 is 16.3 Å². The van der Waals surface area contributed by atoms with Gasteiger partial charge in [0.25, 0.3) is 5.56 Å². The number of aromatic nitrogens is 2. The fourth-order valence-electron chi connectivity index (χ4n) is 2.86. The van der Waals surface area contributed by atoms with Crippen LogP contribution in [0.2, 0.25) is 0 Å². The van der Waals surface area contributed by atoms with Crippen molar-refractivity contribution in [3.05, 3.63) is 33.1 Å². The minimum atomic E-state index is -2.89. The molecule has 0 amide bonds. The third-order valence-electron chi connectivity index (χ3n) is 4.42. The van der Waals surface area contributed by atoms with Crippen molar-refractivity contribution in [2.75, 3.05) is 0 Å². The van der Waals surface area contributed by atoms with E-state index in [0.717, 1.165) is 19.2 Å². The Morgan fingerprint density at radius 3 is 2.61 bits per heavy atom. The molecule has 166 valence electrons. The van der Waals surface area contributed by atoms with Gasteiger partial charge in [-0.2, -0.15) is 0 Å². The zero-order valence-electron chi connectivity index (χ0n) is 17.3. The van der Waals surface area contributed by atoms with E-state index in [1.165, 1.54) is 6.92 Å². The minimum absolute atomic E-state index is 0.406. The van der Waals surface area contributed by atoms with Crippen LogP contribution in [0.1, 0.15) is 33.9 Å². The lowest BCUT2D eigenvalue weighted by Crippen LogP contribution is -2.53. The standard InChI is InChI=1S/C16H21B2FN3O8P/c1-7(2)28-12(25)8(3)21-31(27)30-16(17,18)11-10(24)15(4,19)13(29-11)22-6-5-9(23)20-14(22)26/h5-8,10-11,13,24H,1-4H3,(H-,20,21,23,26,27)/p+1/t8-,10+,11?,13+,15+/m0/s1. The molecule has 11 nitrogen and oxygen atoms in total. The molecule has 1 aliphatic heterocycles. The van der Waals surface area contributed by atoms with Gasteiger partial charge < -0.3 is 14.6 Å². The van der Waals surface area contributed by atoms with Crippen molar-refractivity contribution in [1.82, 2.24) is 14.6 Å². The molecule has 0 spiro atoms. The quantitative estimate of drug-likeness (QED) is 0.258. The molecule has 2 heterocycles. The Bertz CT molecular complexity index is 953. The molecule has 1 aromatic heterocycles. The first-order chi connectivity index (χ1) is 14.2. The lowest BCUT2D eigenvalue weighted by atomic mass is 9.60. The predicted molar refractivity (Wildman–Crippen MR) is 108 cm³/mol. The van der Waals surface area contributed by atoms with Crippen LogP contribution in [0, 0.1) is 0 Å². The maximum Gasteiger partial charge on any atom is 0.612 e. The molecule has 2 rings (SSSR count). The van der Waals surface area contributed by atoms with E-state index in [0.29, 0.717) is 4.57 Å². The second-order valence-electron chi connectivity index (χ2n) is 7.56. The molecule has 3 N–H and O–H groups in total. The Kier molecular flexibility index (Phi) is 7.65. The molecule has 6 atom stereocenters. The van der Waals surface area contributed by atoms with Crippen LogP contribution in [-0.4, -0.2) is 71.7 Å². The van der Waals surface area contributed by atoms with E-state index in [-0.39, 0.29) is 0 Å². The third kappa shape index (κ3) is 5.69. The van der Waals surface area contributed by atoms with E-state index in [9.17, 15) is 24.1 Å². The summed E-state index contributed by atoms with van der Waals surface area (Å²) in [6, 6.07) is -0.108. The fraction of sp³-hybridized carbons (Fsp3) is 0.688. The van der Waals surface area contributed by atoms with Gasteiger partial charge in [0.2, 0.25) is 0 Å². The van der Waals surface area contributed by atoms with E-state index < -0.39 is 67.0 Å². The molecule has 0 bridgehead atoms. The van der Waals surface area contributed by atoms with Crippen molar-refractivity contribution < 1.29 is 32.9 Å². The van der Waals surface area contributed by atoms with Crippen LogP contribution in [0.3, 0.4) is 0 Å². The summed E-state index contributed by atoms with van der Waals surface area (Å²) >= 11 is 0. The molecule has 1 saturated heterocycles. The largest absolute Gasteiger partial charge is 0.612 e. The Labute approximate surface area is 180 Å². The molecule has 1 aliphatic rings. The van der Waals surface area contributed by atoms with E-state index in [1.54, 1.807) is 13.8 Å². The van der Waals surface area contributed by atoms with Gasteiger partial charge in [-0.05, 0) is 32.3 Å². The van der Waals surface area contributed by atoms with Crippen LogP contribution >= 0.6 is 8.18 Å². The second kappa shape index (κ2) is 9.33. The number of esters is 1. The Hall–Kier alpha value is -1.85. The van der Waals surface area contributed by atoms with Crippen molar-refractivity contribution in [3.8, 4) is 0 Å². The number of ether oxygens (including phenoxy) is 2. The number of nitrogens with zero attached hydrogens (tertiary/aromatic N) is 1. The van der Waals surface area contributed by atoms with Crippen LogP contribution in [0.5, 0.6) is 0 Å². The van der Waals surface area contributed by atoms with Crippen molar-refractivity contribution in [3.63, 3.8) is 0 Å². The number of aromatic amines is 1. The highest BCUT2D eigenvalue weighted by molar-refractivity contribution is 7.37. The lowest BCUT2D eigenvalue weighted by Gasteiger charge is -2.29. The average Bonchev–Trinajstić information content (AvgIpc) is 2.84. The number of alkyl halides is 1. The van der Waals surface area contributed by atoms with E-state index >= 15 is 4.39 Å². The molecule has 1 fully saturated rings. The Morgan fingerprint density at radius 2 is 2.06 bits per heavy atom. The highest BCUT2D eigenvalue weighted by Crippen LogP contribution is 2.44. The number of H-pyrrole nitrogens is 1. The van der Waals surface area contributed by atoms with Gasteiger partial charge in [-0.15, -0.1) is 4.52 Å². The summed E-state index contributed by atoms with van der Waals surface area (Å²) in [5, 5.41) is 10.2. The monoisotopic (exact) mass is 456 g/mol. The maximum atomic E-state index is 15.2. The summed E-state index contributed by atoms with van der Waals surface area (Å²) < 4.78 is 43.5. The van der Waals surface area contributed by atoms with E-state index in [2.05, 4.69) is 5.09 Å². The number of aliphatic hydroxyl groups is 1. The normalized spacial score (nSPS) is 27.8. The van der Waals surface area contributed by atoms with E-state index in [4.69, 9.17) is 29.7 Å². The van der Waals surface area contributed by atoms with Crippen molar-refractivity contribution in [1.29, 1.82) is 0 Å². The molecule has 31 heavy (non-hydrogen) atoms. The second-order valence-corrected chi connectivity index (χ2v) is 8.52. The number of carbonyl (C=O) groups excluding carboxylic acids is 1. The molecule has 2 unspecified atom stereocenters. The summed E-state index contributed by atoms with van der Waals surface area (Å²) in [5.74, 6) is -0.715. The van der Waals surface area contributed by atoms with Gasteiger partial charge >= 0.3 is 19.8 Å². The minimum Gasteiger partial charge on any atom is -0.462 e. The van der Waals surface area contributed by atoms with Crippen molar-refractivity contribution in [2.45, 2.75) is 69.3 Å². The molecule has 0 saturated carbocycles. The van der Waals surface area contributed by atoms with E-state index in [1.807, 2.05) is 4.98 Å². The summed E-state index contributed by atoms with van der Waals surface area (Å²) in [6.07, 6.45) is -4.98. The summed E-state index contributed by atoms with van der Waals surface area (Å²) in [4.78, 5) is 37.0. The Morgan fingerprint density at radius 1 is 1.45 bits per heavy atom. The Balaban J connectivity index is 2.17. The smallest absolute Gasteiger partial charge is 0.462 e. The third-order valence-corrected chi connectivity index (χ3v) is 5.50. The number of rotatable bonds is 8. The number of carbonyl (C=O) groups is 1. The first kappa shape index (κ1) is 25.4. The number of hydrogen-bond acceptors (Lipinski definition) is 8. The van der Waals surface area contributed by atoms with Crippen LogP contribution in [0.15, 0.2) is 21.9 Å². The predicted octanol–water partition coefficient (Wildman–Crippen LogP) is -0.882.